The maximum atomic E-state index is 12.4. The topological polar surface area (TPSA) is 107 Å². The van der Waals surface area contributed by atoms with E-state index < -0.39 is 0 Å². The minimum atomic E-state index is -0.125. The minimum absolute atomic E-state index is 0.0936. The fourth-order valence-corrected chi connectivity index (χ4v) is 2.56. The molecule has 3 aromatic heterocycles. The number of aryl methyl sites for hydroxylation is 1. The molecular weight excluding hydrogens is 296 g/mol. The monoisotopic (exact) mass is 306 g/mol. The number of fused-ring (bicyclic) bond motifs is 3. The van der Waals surface area contributed by atoms with Crippen molar-refractivity contribution < 1.29 is 0 Å². The van der Waals surface area contributed by atoms with Crippen molar-refractivity contribution in [2.45, 2.75) is 6.54 Å². The van der Waals surface area contributed by atoms with Crippen LogP contribution in [0.4, 0.5) is 0 Å². The van der Waals surface area contributed by atoms with Crippen LogP contribution in [-0.4, -0.2) is 33.9 Å². The van der Waals surface area contributed by atoms with Crippen molar-refractivity contribution in [1.29, 1.82) is 5.26 Å². The van der Waals surface area contributed by atoms with Crippen LogP contribution in [0.1, 0.15) is 11.6 Å². The highest BCUT2D eigenvalue weighted by atomic mass is 16.1. The Kier molecular flexibility index (Phi) is 2.71. The summed E-state index contributed by atoms with van der Waals surface area (Å²) in [4.78, 5) is 16.2. The van der Waals surface area contributed by atoms with E-state index in [-0.39, 0.29) is 17.9 Å². The molecule has 0 aliphatic carbocycles. The Morgan fingerprint density at radius 3 is 2.87 bits per heavy atom. The van der Waals surface area contributed by atoms with E-state index in [1.807, 2.05) is 28.7 Å². The maximum absolute atomic E-state index is 12.4. The molecule has 0 saturated heterocycles. The number of nitrogens with zero attached hydrogens (tertiary/aromatic N) is 8. The second-order valence-corrected chi connectivity index (χ2v) is 5.01. The van der Waals surface area contributed by atoms with E-state index in [9.17, 15) is 4.79 Å². The van der Waals surface area contributed by atoms with Gasteiger partial charge in [-0.2, -0.15) is 5.26 Å². The van der Waals surface area contributed by atoms with Crippen LogP contribution in [0.3, 0.4) is 0 Å². The van der Waals surface area contributed by atoms with Crippen molar-refractivity contribution >= 4 is 16.7 Å². The predicted octanol–water partition coefficient (Wildman–Crippen LogP) is 0.0927. The molecule has 1 aromatic carbocycles. The van der Waals surface area contributed by atoms with Gasteiger partial charge in [0, 0.05) is 7.05 Å². The zero-order chi connectivity index (χ0) is 16.0. The predicted molar refractivity (Wildman–Crippen MR) is 79.6 cm³/mol. The van der Waals surface area contributed by atoms with Crippen LogP contribution < -0.4 is 5.56 Å². The maximum Gasteiger partial charge on any atom is 0.262 e. The summed E-state index contributed by atoms with van der Waals surface area (Å²) in [5.74, 6) is 1.14. The number of aromatic nitrogens is 7. The third-order valence-corrected chi connectivity index (χ3v) is 3.63. The van der Waals surface area contributed by atoms with Crippen LogP contribution in [0.15, 0.2) is 35.4 Å². The average Bonchev–Trinajstić information content (AvgIpc) is 3.20. The number of hydrogen-bond acceptors (Lipinski definition) is 6. The van der Waals surface area contributed by atoms with Crippen LogP contribution >= 0.6 is 0 Å². The van der Waals surface area contributed by atoms with E-state index >= 15 is 0 Å². The Balaban J connectivity index is 1.98. The van der Waals surface area contributed by atoms with E-state index in [1.54, 1.807) is 13.1 Å². The zero-order valence-corrected chi connectivity index (χ0v) is 12.1. The first-order chi connectivity index (χ1) is 11.2. The summed E-state index contributed by atoms with van der Waals surface area (Å²) in [6.45, 7) is 0.290. The van der Waals surface area contributed by atoms with E-state index in [0.717, 1.165) is 5.52 Å². The van der Waals surface area contributed by atoms with Crippen LogP contribution in [0.5, 0.6) is 0 Å². The van der Waals surface area contributed by atoms with Crippen LogP contribution in [-0.2, 0) is 13.6 Å². The highest BCUT2D eigenvalue weighted by molar-refractivity contribution is 5.80. The molecule has 9 heteroatoms. The number of para-hydroxylation sites is 1. The molecule has 0 aliphatic heterocycles. The summed E-state index contributed by atoms with van der Waals surface area (Å²) in [6, 6.07) is 9.16. The van der Waals surface area contributed by atoms with Gasteiger partial charge in [0.05, 0.1) is 10.9 Å². The fraction of sp³-hybridized carbons (Fsp3) is 0.143. The Hall–Kier alpha value is -3.54. The molecule has 0 atom stereocenters. The summed E-state index contributed by atoms with van der Waals surface area (Å²) in [7, 11) is 1.66. The number of rotatable bonds is 2. The largest absolute Gasteiger partial charge is 0.279 e. The Morgan fingerprint density at radius 2 is 2.09 bits per heavy atom. The van der Waals surface area contributed by atoms with E-state index in [4.69, 9.17) is 5.26 Å². The highest BCUT2D eigenvalue weighted by Crippen LogP contribution is 2.14. The number of benzene rings is 1. The smallest absolute Gasteiger partial charge is 0.262 e. The molecule has 0 bridgehead atoms. The lowest BCUT2D eigenvalue weighted by atomic mass is 10.2. The van der Waals surface area contributed by atoms with Gasteiger partial charge in [-0.1, -0.05) is 12.1 Å². The number of nitriles is 1. The molecule has 23 heavy (non-hydrogen) atoms. The first-order valence-electron chi connectivity index (χ1n) is 6.80. The number of hydrogen-bond donors (Lipinski definition) is 0. The molecule has 0 aliphatic rings. The Morgan fingerprint density at radius 1 is 1.26 bits per heavy atom. The van der Waals surface area contributed by atoms with Gasteiger partial charge in [0.25, 0.3) is 11.4 Å². The normalized spacial score (nSPS) is 11.1. The summed E-state index contributed by atoms with van der Waals surface area (Å²) in [5.41, 5.74) is 0.603. The molecule has 0 saturated carbocycles. The second kappa shape index (κ2) is 4.74. The van der Waals surface area contributed by atoms with E-state index in [2.05, 4.69) is 20.3 Å². The van der Waals surface area contributed by atoms with E-state index in [1.165, 1.54) is 15.6 Å². The third-order valence-electron chi connectivity index (χ3n) is 3.63. The Labute approximate surface area is 129 Å². The third kappa shape index (κ3) is 1.89. The van der Waals surface area contributed by atoms with Crippen LogP contribution in [0.2, 0.25) is 0 Å². The molecule has 112 valence electrons. The molecule has 3 heterocycles. The van der Waals surface area contributed by atoms with Gasteiger partial charge in [-0.15, -0.1) is 15.3 Å². The van der Waals surface area contributed by atoms with Gasteiger partial charge in [-0.25, -0.2) is 9.67 Å². The molecule has 4 aromatic rings. The molecule has 0 amide bonds. The summed E-state index contributed by atoms with van der Waals surface area (Å²) < 4.78 is 4.78. The molecular formula is C14H10N8O. The molecule has 0 fully saturated rings. The van der Waals surface area contributed by atoms with Crippen LogP contribution in [0, 0.1) is 11.3 Å². The second-order valence-electron chi connectivity index (χ2n) is 5.01. The molecule has 0 N–H and O–H groups in total. The lowest BCUT2D eigenvalue weighted by Gasteiger charge is -2.07. The first kappa shape index (κ1) is 13.1. The van der Waals surface area contributed by atoms with Crippen molar-refractivity contribution in [3.63, 3.8) is 0 Å². The quantitative estimate of drug-likeness (QED) is 0.519. The SMILES string of the molecule is Cn1c(=O)c2ccccc2n2c(Cn3cnc(C#N)n3)nnc12. The zero-order valence-electron chi connectivity index (χ0n) is 12.1. The van der Waals surface area contributed by atoms with Crippen molar-refractivity contribution in [2.75, 3.05) is 0 Å². The van der Waals surface area contributed by atoms with Crippen LogP contribution in [0.25, 0.3) is 16.7 Å². The van der Waals surface area contributed by atoms with Crippen molar-refractivity contribution in [3.05, 3.63) is 52.6 Å². The summed E-state index contributed by atoms with van der Waals surface area (Å²) >= 11 is 0. The molecule has 9 nitrogen and oxygen atoms in total. The van der Waals surface area contributed by atoms with Gasteiger partial charge in [-0.3, -0.25) is 13.8 Å². The van der Waals surface area contributed by atoms with Gasteiger partial charge < -0.3 is 0 Å². The van der Waals surface area contributed by atoms with Gasteiger partial charge >= 0.3 is 0 Å². The van der Waals surface area contributed by atoms with E-state index in [0.29, 0.717) is 17.0 Å². The van der Waals surface area contributed by atoms with Crippen molar-refractivity contribution in [1.82, 2.24) is 33.9 Å². The fourth-order valence-electron chi connectivity index (χ4n) is 2.56. The van der Waals surface area contributed by atoms with Gasteiger partial charge in [-0.05, 0) is 12.1 Å². The van der Waals surface area contributed by atoms with Gasteiger partial charge in [0.15, 0.2) is 5.82 Å². The summed E-state index contributed by atoms with van der Waals surface area (Å²) in [5, 5.41) is 21.7. The van der Waals surface area contributed by atoms with Crippen molar-refractivity contribution in [2.24, 2.45) is 7.05 Å². The lowest BCUT2D eigenvalue weighted by molar-refractivity contribution is 0.647. The molecule has 0 radical (unpaired) electrons. The standard InChI is InChI=1S/C14H10N8O/c1-20-13(23)9-4-2-3-5-10(9)22-12(17-18-14(20)22)7-21-8-16-11(6-15)19-21/h2-5,8H,7H2,1H3. The molecule has 0 spiro atoms. The molecule has 4 rings (SSSR count). The Bertz CT molecular complexity index is 1140. The van der Waals surface area contributed by atoms with Gasteiger partial charge in [0.2, 0.25) is 5.78 Å². The first-order valence-corrected chi connectivity index (χ1v) is 6.80. The summed E-state index contributed by atoms with van der Waals surface area (Å²) in [6.07, 6.45) is 1.46. The lowest BCUT2D eigenvalue weighted by Crippen LogP contribution is -2.20. The van der Waals surface area contributed by atoms with Gasteiger partial charge in [0.1, 0.15) is 18.9 Å². The average molecular weight is 306 g/mol. The molecule has 0 unspecified atom stereocenters. The highest BCUT2D eigenvalue weighted by Gasteiger charge is 2.15. The minimum Gasteiger partial charge on any atom is -0.279 e. The van der Waals surface area contributed by atoms with Crippen molar-refractivity contribution in [3.8, 4) is 6.07 Å².